The maximum atomic E-state index is 12.4. The first-order valence-electron chi connectivity index (χ1n) is 6.36. The molecule has 0 radical (unpaired) electrons. The van der Waals surface area contributed by atoms with Crippen molar-refractivity contribution in [2.45, 2.75) is 63.7 Å². The average Bonchev–Trinajstić information content (AvgIpc) is 2.64. The van der Waals surface area contributed by atoms with Crippen LogP contribution in [0.5, 0.6) is 0 Å². The van der Waals surface area contributed by atoms with Gasteiger partial charge in [-0.1, -0.05) is 0 Å². The molecule has 0 spiro atoms. The summed E-state index contributed by atoms with van der Waals surface area (Å²) < 4.78 is 5.42. The van der Waals surface area contributed by atoms with Gasteiger partial charge in [-0.3, -0.25) is 4.79 Å². The van der Waals surface area contributed by atoms with E-state index in [2.05, 4.69) is 0 Å². The van der Waals surface area contributed by atoms with Gasteiger partial charge in [0.25, 0.3) is 5.91 Å². The number of hydrogen-bond donors (Lipinski definition) is 1. The van der Waals surface area contributed by atoms with Gasteiger partial charge >= 0.3 is 5.97 Å². The minimum atomic E-state index is -1.45. The normalized spacial score (nSPS) is 35.8. The van der Waals surface area contributed by atoms with Gasteiger partial charge in [-0.05, 0) is 40.5 Å². The molecule has 2 saturated heterocycles. The fourth-order valence-electron chi connectivity index (χ4n) is 2.95. The molecule has 0 aromatic carbocycles. The minimum absolute atomic E-state index is 0.133. The standard InChI is InChI=1S/C13H21NO4/c1-11(2,3)18-10(16)13-6-5-7-14(13)9(15)12(4,17)8-13/h17H,5-8H2,1-4H3/t12-,13-/m1/s1. The Bertz CT molecular complexity index is 396. The third-order valence-corrected chi connectivity index (χ3v) is 3.61. The molecule has 2 aliphatic rings. The van der Waals surface area contributed by atoms with Gasteiger partial charge in [0, 0.05) is 13.0 Å². The summed E-state index contributed by atoms with van der Waals surface area (Å²) in [5.74, 6) is -0.746. The SMILES string of the molecule is CC(C)(C)OC(=O)[C@]12CCCN1C(=O)[C@](C)(O)C2. The summed E-state index contributed by atoms with van der Waals surface area (Å²) in [5.41, 5.74) is -2.98. The number of esters is 1. The van der Waals surface area contributed by atoms with E-state index in [0.29, 0.717) is 13.0 Å². The molecule has 18 heavy (non-hydrogen) atoms. The van der Waals surface area contributed by atoms with E-state index in [1.54, 1.807) is 20.8 Å². The highest BCUT2D eigenvalue weighted by Crippen LogP contribution is 2.45. The van der Waals surface area contributed by atoms with Crippen LogP contribution in [-0.4, -0.2) is 45.2 Å². The molecule has 0 aromatic rings. The largest absolute Gasteiger partial charge is 0.458 e. The molecule has 2 heterocycles. The molecule has 2 aliphatic heterocycles. The molecule has 5 nitrogen and oxygen atoms in total. The van der Waals surface area contributed by atoms with Gasteiger partial charge in [0.15, 0.2) is 0 Å². The molecule has 0 bridgehead atoms. The molecule has 2 fully saturated rings. The van der Waals surface area contributed by atoms with Gasteiger partial charge in [0.1, 0.15) is 16.7 Å². The lowest BCUT2D eigenvalue weighted by molar-refractivity contribution is -0.168. The highest BCUT2D eigenvalue weighted by atomic mass is 16.6. The molecule has 102 valence electrons. The number of ether oxygens (including phenoxy) is 1. The molecule has 0 aromatic heterocycles. The second kappa shape index (κ2) is 3.70. The number of fused-ring (bicyclic) bond motifs is 1. The van der Waals surface area contributed by atoms with E-state index in [0.717, 1.165) is 6.42 Å². The Hall–Kier alpha value is -1.10. The second-order valence-corrected chi connectivity index (χ2v) is 6.54. The van der Waals surface area contributed by atoms with Crippen molar-refractivity contribution in [3.8, 4) is 0 Å². The lowest BCUT2D eigenvalue weighted by Crippen LogP contribution is -2.50. The highest BCUT2D eigenvalue weighted by Gasteiger charge is 2.63. The minimum Gasteiger partial charge on any atom is -0.458 e. The zero-order chi connectivity index (χ0) is 13.8. The van der Waals surface area contributed by atoms with Crippen LogP contribution in [0.1, 0.15) is 47.0 Å². The van der Waals surface area contributed by atoms with Gasteiger partial charge in [0.2, 0.25) is 0 Å². The molecule has 0 unspecified atom stereocenters. The van der Waals surface area contributed by atoms with Crippen LogP contribution in [0.4, 0.5) is 0 Å². The predicted octanol–water partition coefficient (Wildman–Crippen LogP) is 0.844. The van der Waals surface area contributed by atoms with Crippen LogP contribution in [0, 0.1) is 0 Å². The summed E-state index contributed by atoms with van der Waals surface area (Å²) in [7, 11) is 0. The first-order valence-corrected chi connectivity index (χ1v) is 6.36. The van der Waals surface area contributed by atoms with Crippen LogP contribution in [0.25, 0.3) is 0 Å². The number of carbonyl (C=O) groups excluding carboxylic acids is 2. The maximum absolute atomic E-state index is 12.4. The number of rotatable bonds is 1. The molecule has 2 atom stereocenters. The second-order valence-electron chi connectivity index (χ2n) is 6.54. The van der Waals surface area contributed by atoms with E-state index in [9.17, 15) is 14.7 Å². The Morgan fingerprint density at radius 2 is 2.06 bits per heavy atom. The fourth-order valence-corrected chi connectivity index (χ4v) is 2.95. The molecule has 1 N–H and O–H groups in total. The monoisotopic (exact) mass is 255 g/mol. The lowest BCUT2D eigenvalue weighted by Gasteiger charge is -2.32. The zero-order valence-electron chi connectivity index (χ0n) is 11.4. The van der Waals surface area contributed by atoms with Crippen LogP contribution in [0.15, 0.2) is 0 Å². The molecule has 1 amide bonds. The third-order valence-electron chi connectivity index (χ3n) is 3.61. The maximum Gasteiger partial charge on any atom is 0.332 e. The summed E-state index contributed by atoms with van der Waals surface area (Å²) in [6.45, 7) is 7.40. The topological polar surface area (TPSA) is 66.8 Å². The van der Waals surface area contributed by atoms with Crippen LogP contribution >= 0.6 is 0 Å². The van der Waals surface area contributed by atoms with Crippen molar-refractivity contribution in [2.24, 2.45) is 0 Å². The van der Waals surface area contributed by atoms with Crippen molar-refractivity contribution in [3.63, 3.8) is 0 Å². The summed E-state index contributed by atoms with van der Waals surface area (Å²) in [6, 6.07) is 0. The van der Waals surface area contributed by atoms with Gasteiger partial charge in [-0.2, -0.15) is 0 Å². The smallest absolute Gasteiger partial charge is 0.332 e. The van der Waals surface area contributed by atoms with E-state index < -0.39 is 22.7 Å². The highest BCUT2D eigenvalue weighted by molar-refractivity contribution is 5.97. The molecule has 0 aliphatic carbocycles. The van der Waals surface area contributed by atoms with Gasteiger partial charge < -0.3 is 14.7 Å². The summed E-state index contributed by atoms with van der Waals surface area (Å²) in [4.78, 5) is 25.9. The number of hydrogen-bond acceptors (Lipinski definition) is 4. The Morgan fingerprint density at radius 3 is 2.61 bits per heavy atom. The number of nitrogens with zero attached hydrogens (tertiary/aromatic N) is 1. The number of aliphatic hydroxyl groups is 1. The fraction of sp³-hybridized carbons (Fsp3) is 0.846. The molecule has 0 saturated carbocycles. The van der Waals surface area contributed by atoms with Crippen LogP contribution < -0.4 is 0 Å². The first-order chi connectivity index (χ1) is 8.08. The van der Waals surface area contributed by atoms with Gasteiger partial charge in [-0.25, -0.2) is 4.79 Å². The van der Waals surface area contributed by atoms with Crippen LogP contribution in [0.2, 0.25) is 0 Å². The van der Waals surface area contributed by atoms with E-state index in [1.165, 1.54) is 11.8 Å². The van der Waals surface area contributed by atoms with Gasteiger partial charge in [0.05, 0.1) is 0 Å². The number of carbonyl (C=O) groups is 2. The van der Waals surface area contributed by atoms with E-state index in [4.69, 9.17) is 4.74 Å². The lowest BCUT2D eigenvalue weighted by atomic mass is 9.88. The van der Waals surface area contributed by atoms with Crippen molar-refractivity contribution >= 4 is 11.9 Å². The Morgan fingerprint density at radius 1 is 1.44 bits per heavy atom. The molecule has 2 rings (SSSR count). The average molecular weight is 255 g/mol. The quantitative estimate of drug-likeness (QED) is 0.705. The Balaban J connectivity index is 2.30. The van der Waals surface area contributed by atoms with E-state index in [1.807, 2.05) is 0 Å². The molecule has 5 heteroatoms. The van der Waals surface area contributed by atoms with Crippen molar-refractivity contribution in [3.05, 3.63) is 0 Å². The Labute approximate surface area is 107 Å². The molecular weight excluding hydrogens is 234 g/mol. The summed E-state index contributed by atoms with van der Waals surface area (Å²) in [5, 5.41) is 10.1. The number of amides is 1. The van der Waals surface area contributed by atoms with Crippen molar-refractivity contribution < 1.29 is 19.4 Å². The van der Waals surface area contributed by atoms with Crippen LogP contribution in [-0.2, 0) is 14.3 Å². The van der Waals surface area contributed by atoms with Crippen molar-refractivity contribution in [1.82, 2.24) is 4.90 Å². The molecular formula is C13H21NO4. The van der Waals surface area contributed by atoms with Crippen LogP contribution in [0.3, 0.4) is 0 Å². The predicted molar refractivity (Wildman–Crippen MR) is 64.8 cm³/mol. The van der Waals surface area contributed by atoms with Gasteiger partial charge in [-0.15, -0.1) is 0 Å². The van der Waals surface area contributed by atoms with Crippen molar-refractivity contribution in [2.75, 3.05) is 6.54 Å². The summed E-state index contributed by atoms with van der Waals surface area (Å²) in [6.07, 6.45) is 1.48. The van der Waals surface area contributed by atoms with E-state index >= 15 is 0 Å². The first kappa shape index (κ1) is 13.3. The van der Waals surface area contributed by atoms with Crippen molar-refractivity contribution in [1.29, 1.82) is 0 Å². The summed E-state index contributed by atoms with van der Waals surface area (Å²) >= 11 is 0. The van der Waals surface area contributed by atoms with E-state index in [-0.39, 0.29) is 12.3 Å². The zero-order valence-corrected chi connectivity index (χ0v) is 11.4. The Kier molecular flexibility index (Phi) is 2.74. The third kappa shape index (κ3) is 1.90.